The van der Waals surface area contributed by atoms with Crippen LogP contribution in [0.15, 0.2) is 42.5 Å². The summed E-state index contributed by atoms with van der Waals surface area (Å²) >= 11 is 6.26. The first-order chi connectivity index (χ1) is 9.95. The van der Waals surface area contributed by atoms with E-state index in [2.05, 4.69) is 43.1 Å². The van der Waals surface area contributed by atoms with E-state index in [4.69, 9.17) is 22.7 Å². The summed E-state index contributed by atoms with van der Waals surface area (Å²) in [5.74, 6) is 0.0384. The fraction of sp³-hybridized carbons (Fsp3) is 0.235. The lowest BCUT2D eigenvalue weighted by Gasteiger charge is -2.18. The molecule has 2 aromatic carbocycles. The molecule has 0 aliphatic carbocycles. The number of hydrogen-bond acceptors (Lipinski definition) is 2. The van der Waals surface area contributed by atoms with E-state index >= 15 is 0 Å². The van der Waals surface area contributed by atoms with Crippen molar-refractivity contribution in [2.75, 3.05) is 7.05 Å². The molecule has 2 rings (SSSR count). The molecule has 3 N–H and O–H groups in total. The highest BCUT2D eigenvalue weighted by molar-refractivity contribution is 6.31. The number of nitrogen functional groups attached to an aromatic ring is 1. The van der Waals surface area contributed by atoms with Gasteiger partial charge in [0.2, 0.25) is 0 Å². The maximum atomic E-state index is 7.42. The molecule has 0 aromatic heterocycles. The van der Waals surface area contributed by atoms with Crippen LogP contribution in [0.4, 0.5) is 0 Å². The Bertz CT molecular complexity index is 635. The Balaban J connectivity index is 2.04. The average molecular weight is 302 g/mol. The van der Waals surface area contributed by atoms with Gasteiger partial charge in [0.25, 0.3) is 0 Å². The maximum Gasteiger partial charge on any atom is 0.122 e. The minimum absolute atomic E-state index is 0.0384. The van der Waals surface area contributed by atoms with Crippen molar-refractivity contribution in [1.29, 1.82) is 5.41 Å². The lowest BCUT2D eigenvalue weighted by atomic mass is 10.1. The smallest absolute Gasteiger partial charge is 0.122 e. The third-order valence-corrected chi connectivity index (χ3v) is 3.73. The van der Waals surface area contributed by atoms with Crippen molar-refractivity contribution in [1.82, 2.24) is 4.90 Å². The maximum absolute atomic E-state index is 7.42. The third kappa shape index (κ3) is 4.31. The van der Waals surface area contributed by atoms with E-state index in [9.17, 15) is 0 Å². The fourth-order valence-electron chi connectivity index (χ4n) is 2.19. The van der Waals surface area contributed by atoms with Crippen LogP contribution in [-0.4, -0.2) is 17.8 Å². The molecule has 0 atom stereocenters. The minimum atomic E-state index is 0.0384. The second-order valence-electron chi connectivity index (χ2n) is 5.38. The monoisotopic (exact) mass is 301 g/mol. The van der Waals surface area contributed by atoms with E-state index in [0.717, 1.165) is 18.7 Å². The summed E-state index contributed by atoms with van der Waals surface area (Å²) in [4.78, 5) is 2.21. The van der Waals surface area contributed by atoms with Gasteiger partial charge in [-0.15, -0.1) is 0 Å². The Hall–Kier alpha value is -1.84. The SMILES string of the molecule is Cc1ccc(CN(C)Cc2ccc(C(=N)N)cc2Cl)cc1. The summed E-state index contributed by atoms with van der Waals surface area (Å²) in [7, 11) is 2.06. The van der Waals surface area contributed by atoms with Crippen molar-refractivity contribution in [3.05, 3.63) is 69.7 Å². The molecule has 0 spiro atoms. The fourth-order valence-corrected chi connectivity index (χ4v) is 2.44. The number of hydrogen-bond donors (Lipinski definition) is 2. The molecule has 0 heterocycles. The van der Waals surface area contributed by atoms with Crippen molar-refractivity contribution in [3.8, 4) is 0 Å². The van der Waals surface area contributed by atoms with Crippen molar-refractivity contribution in [2.24, 2.45) is 5.73 Å². The number of nitrogens with zero attached hydrogens (tertiary/aromatic N) is 1. The van der Waals surface area contributed by atoms with E-state index < -0.39 is 0 Å². The molecular weight excluding hydrogens is 282 g/mol. The van der Waals surface area contributed by atoms with Gasteiger partial charge in [-0.3, -0.25) is 10.3 Å². The molecule has 0 aliphatic heterocycles. The Morgan fingerprint density at radius 3 is 2.38 bits per heavy atom. The molecule has 4 heteroatoms. The highest BCUT2D eigenvalue weighted by Gasteiger charge is 2.07. The van der Waals surface area contributed by atoms with Crippen molar-refractivity contribution >= 4 is 17.4 Å². The quantitative estimate of drug-likeness (QED) is 0.655. The predicted octanol–water partition coefficient (Wildman–Crippen LogP) is 3.56. The van der Waals surface area contributed by atoms with Crippen LogP contribution < -0.4 is 5.73 Å². The normalized spacial score (nSPS) is 10.9. The van der Waals surface area contributed by atoms with Gasteiger partial charge in [-0.1, -0.05) is 53.6 Å². The summed E-state index contributed by atoms with van der Waals surface area (Å²) < 4.78 is 0. The molecule has 0 aliphatic rings. The summed E-state index contributed by atoms with van der Waals surface area (Å²) in [6, 6.07) is 14.1. The first-order valence-corrected chi connectivity index (χ1v) is 7.20. The van der Waals surface area contributed by atoms with Crippen LogP contribution in [-0.2, 0) is 13.1 Å². The van der Waals surface area contributed by atoms with Gasteiger partial charge in [-0.25, -0.2) is 0 Å². The molecule has 0 saturated heterocycles. The molecule has 0 fully saturated rings. The minimum Gasteiger partial charge on any atom is -0.384 e. The van der Waals surface area contributed by atoms with E-state index in [1.807, 2.05) is 12.1 Å². The molecule has 0 radical (unpaired) electrons. The molecule has 0 unspecified atom stereocenters. The second-order valence-corrected chi connectivity index (χ2v) is 5.78. The lowest BCUT2D eigenvalue weighted by Crippen LogP contribution is -2.18. The number of nitrogens with one attached hydrogen (secondary N) is 1. The van der Waals surface area contributed by atoms with E-state index in [1.165, 1.54) is 11.1 Å². The van der Waals surface area contributed by atoms with E-state index in [1.54, 1.807) is 6.07 Å². The predicted molar refractivity (Wildman–Crippen MR) is 88.8 cm³/mol. The van der Waals surface area contributed by atoms with Crippen LogP contribution in [0.5, 0.6) is 0 Å². The second kappa shape index (κ2) is 6.74. The van der Waals surface area contributed by atoms with Crippen LogP contribution >= 0.6 is 11.6 Å². The molecule has 0 saturated carbocycles. The number of amidine groups is 1. The molecule has 2 aromatic rings. The molecule has 0 bridgehead atoms. The summed E-state index contributed by atoms with van der Waals surface area (Å²) in [5, 5.41) is 8.07. The van der Waals surface area contributed by atoms with Gasteiger partial charge in [0.15, 0.2) is 0 Å². The highest BCUT2D eigenvalue weighted by Crippen LogP contribution is 2.20. The Labute approximate surface area is 130 Å². The number of nitrogens with two attached hydrogens (primary N) is 1. The zero-order valence-corrected chi connectivity index (χ0v) is 13.1. The van der Waals surface area contributed by atoms with Gasteiger partial charge in [-0.2, -0.15) is 0 Å². The van der Waals surface area contributed by atoms with Gasteiger partial charge < -0.3 is 5.73 Å². The number of rotatable bonds is 5. The number of aryl methyl sites for hydroxylation is 1. The van der Waals surface area contributed by atoms with Gasteiger partial charge in [-0.05, 0) is 31.2 Å². The lowest BCUT2D eigenvalue weighted by molar-refractivity contribution is 0.319. The molecule has 21 heavy (non-hydrogen) atoms. The average Bonchev–Trinajstić information content (AvgIpc) is 2.43. The molecule has 110 valence electrons. The topological polar surface area (TPSA) is 53.1 Å². The summed E-state index contributed by atoms with van der Waals surface area (Å²) in [6.45, 7) is 3.71. The van der Waals surface area contributed by atoms with Crippen molar-refractivity contribution in [3.63, 3.8) is 0 Å². The van der Waals surface area contributed by atoms with Crippen molar-refractivity contribution in [2.45, 2.75) is 20.0 Å². The van der Waals surface area contributed by atoms with Gasteiger partial charge in [0, 0.05) is 23.7 Å². The number of halogens is 1. The number of benzene rings is 2. The van der Waals surface area contributed by atoms with E-state index in [-0.39, 0.29) is 5.84 Å². The Morgan fingerprint density at radius 2 is 1.81 bits per heavy atom. The first kappa shape index (κ1) is 15.5. The zero-order valence-electron chi connectivity index (χ0n) is 12.4. The third-order valence-electron chi connectivity index (χ3n) is 3.38. The van der Waals surface area contributed by atoms with Gasteiger partial charge in [0.05, 0.1) is 0 Å². The van der Waals surface area contributed by atoms with Crippen molar-refractivity contribution < 1.29 is 0 Å². The first-order valence-electron chi connectivity index (χ1n) is 6.82. The summed E-state index contributed by atoms with van der Waals surface area (Å²) in [6.07, 6.45) is 0. The summed E-state index contributed by atoms with van der Waals surface area (Å²) in [5.41, 5.74) is 9.70. The standard InChI is InChI=1S/C17H20ClN3/c1-12-3-5-13(6-4-12)10-21(2)11-15-8-7-14(17(19)20)9-16(15)18/h3-9H,10-11H2,1-2H3,(H3,19,20). The Morgan fingerprint density at radius 1 is 1.14 bits per heavy atom. The molecule has 3 nitrogen and oxygen atoms in total. The van der Waals surface area contributed by atoms with Crippen LogP contribution in [0.2, 0.25) is 5.02 Å². The van der Waals surface area contributed by atoms with Crippen LogP contribution in [0, 0.1) is 12.3 Å². The van der Waals surface area contributed by atoms with Crippen LogP contribution in [0.25, 0.3) is 0 Å². The zero-order chi connectivity index (χ0) is 15.4. The molecular formula is C17H20ClN3. The van der Waals surface area contributed by atoms with Crippen LogP contribution in [0.3, 0.4) is 0 Å². The highest BCUT2D eigenvalue weighted by atomic mass is 35.5. The van der Waals surface area contributed by atoms with E-state index in [0.29, 0.717) is 10.6 Å². The largest absolute Gasteiger partial charge is 0.384 e. The Kier molecular flexibility index (Phi) is 4.99. The van der Waals surface area contributed by atoms with Crippen LogP contribution in [0.1, 0.15) is 22.3 Å². The molecule has 0 amide bonds. The van der Waals surface area contributed by atoms with Gasteiger partial charge >= 0.3 is 0 Å². The van der Waals surface area contributed by atoms with Gasteiger partial charge in [0.1, 0.15) is 5.84 Å².